The van der Waals surface area contributed by atoms with Crippen LogP contribution in [0.5, 0.6) is 0 Å². The second-order valence-electron chi connectivity index (χ2n) is 9.50. The summed E-state index contributed by atoms with van der Waals surface area (Å²) >= 11 is 6.09. The minimum atomic E-state index is -4.67. The first-order valence-electron chi connectivity index (χ1n) is 11.0. The number of rotatable bonds is 4. The summed E-state index contributed by atoms with van der Waals surface area (Å²) in [4.78, 5) is 21.9. The number of carbonyl (C=O) groups excluding carboxylic acids is 1. The van der Waals surface area contributed by atoms with Crippen molar-refractivity contribution in [1.82, 2.24) is 9.97 Å². The smallest absolute Gasteiger partial charge is 0.417 e. The van der Waals surface area contributed by atoms with E-state index in [0.29, 0.717) is 22.1 Å². The number of sulfone groups is 1. The molecule has 0 aliphatic carbocycles. The predicted octanol–water partition coefficient (Wildman–Crippen LogP) is 5.30. The maximum Gasteiger partial charge on any atom is 0.417 e. The lowest BCUT2D eigenvalue weighted by Gasteiger charge is -2.32. The molecule has 0 bridgehead atoms. The lowest BCUT2D eigenvalue weighted by molar-refractivity contribution is -0.161. The Balaban J connectivity index is 2.02. The Morgan fingerprint density at radius 2 is 1.89 bits per heavy atom. The topological polar surface area (TPSA) is 98.2 Å². The SMILES string of the molecule is CCS(=O)(=O)c1cc2cc(Cl)ccc2nc1C1(C(=O)OC(C)(C)C)Cc2ncc(C(F)(F)F)cc2N1. The molecule has 192 valence electrons. The molecular weight excluding hydrogens is 519 g/mol. The number of carbonyl (C=O) groups is 1. The summed E-state index contributed by atoms with van der Waals surface area (Å²) in [5.74, 6) is -1.20. The molecule has 0 amide bonds. The molecule has 3 aromatic rings. The molecule has 0 fully saturated rings. The average Bonchev–Trinajstić information content (AvgIpc) is 3.16. The molecule has 1 atom stereocenters. The Bertz CT molecular complexity index is 1490. The molecule has 4 rings (SSSR count). The van der Waals surface area contributed by atoms with Crippen LogP contribution in [0.4, 0.5) is 18.9 Å². The summed E-state index contributed by atoms with van der Waals surface area (Å²) < 4.78 is 72.1. The third-order valence-corrected chi connectivity index (χ3v) is 7.66. The molecule has 1 aromatic carbocycles. The fourth-order valence-electron chi connectivity index (χ4n) is 3.98. The minimum absolute atomic E-state index is 0.0615. The molecule has 36 heavy (non-hydrogen) atoms. The summed E-state index contributed by atoms with van der Waals surface area (Å²) in [5, 5.41) is 3.60. The van der Waals surface area contributed by atoms with Crippen molar-refractivity contribution in [2.75, 3.05) is 11.1 Å². The number of nitrogens with one attached hydrogen (secondary N) is 1. The highest BCUT2D eigenvalue weighted by atomic mass is 35.5. The third kappa shape index (κ3) is 4.73. The van der Waals surface area contributed by atoms with Crippen molar-refractivity contribution in [3.63, 3.8) is 0 Å². The lowest BCUT2D eigenvalue weighted by Crippen LogP contribution is -2.47. The summed E-state index contributed by atoms with van der Waals surface area (Å²) in [7, 11) is -3.96. The van der Waals surface area contributed by atoms with Crippen molar-refractivity contribution in [1.29, 1.82) is 0 Å². The maximum atomic E-state index is 13.7. The van der Waals surface area contributed by atoms with E-state index in [1.807, 2.05) is 0 Å². The van der Waals surface area contributed by atoms with E-state index in [4.69, 9.17) is 16.3 Å². The van der Waals surface area contributed by atoms with E-state index in [-0.39, 0.29) is 34.1 Å². The fourth-order valence-corrected chi connectivity index (χ4v) is 5.29. The Kier molecular flexibility index (Phi) is 6.24. The highest BCUT2D eigenvalue weighted by Gasteiger charge is 2.52. The molecule has 0 saturated carbocycles. The van der Waals surface area contributed by atoms with Crippen LogP contribution in [0.15, 0.2) is 41.4 Å². The number of fused-ring (bicyclic) bond motifs is 2. The van der Waals surface area contributed by atoms with Gasteiger partial charge in [-0.15, -0.1) is 0 Å². The van der Waals surface area contributed by atoms with Gasteiger partial charge >= 0.3 is 12.1 Å². The summed E-state index contributed by atoms with van der Waals surface area (Å²) in [6.07, 6.45) is -4.27. The Morgan fingerprint density at radius 1 is 1.19 bits per heavy atom. The average molecular weight is 542 g/mol. The predicted molar refractivity (Wildman–Crippen MR) is 129 cm³/mol. The van der Waals surface area contributed by atoms with Gasteiger partial charge in [0.05, 0.1) is 38.8 Å². The van der Waals surface area contributed by atoms with E-state index in [2.05, 4.69) is 15.3 Å². The third-order valence-electron chi connectivity index (χ3n) is 5.69. The second-order valence-corrected chi connectivity index (χ2v) is 12.2. The molecule has 2 aromatic heterocycles. The van der Waals surface area contributed by atoms with Gasteiger partial charge in [0, 0.05) is 23.0 Å². The van der Waals surface area contributed by atoms with E-state index in [0.717, 1.165) is 6.07 Å². The minimum Gasteiger partial charge on any atom is -0.458 e. The van der Waals surface area contributed by atoms with E-state index in [9.17, 15) is 26.4 Å². The van der Waals surface area contributed by atoms with Gasteiger partial charge in [0.15, 0.2) is 15.4 Å². The van der Waals surface area contributed by atoms with E-state index >= 15 is 0 Å². The van der Waals surface area contributed by atoms with E-state index in [1.54, 1.807) is 32.9 Å². The van der Waals surface area contributed by atoms with Gasteiger partial charge in [0.1, 0.15) is 5.60 Å². The molecule has 7 nitrogen and oxygen atoms in total. The first-order valence-corrected chi connectivity index (χ1v) is 13.0. The number of hydrogen-bond donors (Lipinski definition) is 1. The zero-order chi connectivity index (χ0) is 26.7. The van der Waals surface area contributed by atoms with Gasteiger partial charge in [-0.2, -0.15) is 13.2 Å². The van der Waals surface area contributed by atoms with Gasteiger partial charge in [0.25, 0.3) is 0 Å². The largest absolute Gasteiger partial charge is 0.458 e. The van der Waals surface area contributed by atoms with Gasteiger partial charge < -0.3 is 10.1 Å². The van der Waals surface area contributed by atoms with Gasteiger partial charge in [-0.3, -0.25) is 4.98 Å². The van der Waals surface area contributed by atoms with Gasteiger partial charge in [-0.1, -0.05) is 18.5 Å². The molecule has 12 heteroatoms. The number of hydrogen-bond acceptors (Lipinski definition) is 7. The van der Waals surface area contributed by atoms with Crippen LogP contribution in [0.1, 0.15) is 44.6 Å². The van der Waals surface area contributed by atoms with Crippen molar-refractivity contribution < 1.29 is 31.1 Å². The molecule has 0 spiro atoms. The molecule has 0 saturated heterocycles. The first kappa shape index (κ1) is 26.2. The summed E-state index contributed by atoms with van der Waals surface area (Å²) in [5.41, 5.74) is -3.71. The zero-order valence-electron chi connectivity index (χ0n) is 19.8. The number of halogens is 4. The summed E-state index contributed by atoms with van der Waals surface area (Å²) in [6.45, 7) is 6.32. The number of pyridine rings is 2. The van der Waals surface area contributed by atoms with Crippen LogP contribution >= 0.6 is 11.6 Å². The quantitative estimate of drug-likeness (QED) is 0.447. The lowest BCUT2D eigenvalue weighted by atomic mass is 9.91. The van der Waals surface area contributed by atoms with Crippen LogP contribution in [0.2, 0.25) is 5.02 Å². The number of aromatic nitrogens is 2. The van der Waals surface area contributed by atoms with Crippen molar-refractivity contribution in [2.24, 2.45) is 0 Å². The molecule has 0 radical (unpaired) electrons. The van der Waals surface area contributed by atoms with Gasteiger partial charge in [-0.25, -0.2) is 18.2 Å². The first-order chi connectivity index (χ1) is 16.6. The van der Waals surface area contributed by atoms with Crippen LogP contribution in [0.3, 0.4) is 0 Å². The summed E-state index contributed by atoms with van der Waals surface area (Å²) in [6, 6.07) is 6.87. The van der Waals surface area contributed by atoms with Crippen LogP contribution in [0, 0.1) is 0 Å². The van der Waals surface area contributed by atoms with Crippen LogP contribution < -0.4 is 5.32 Å². The normalized spacial score (nSPS) is 18.1. The van der Waals surface area contributed by atoms with Crippen LogP contribution in [-0.2, 0) is 37.5 Å². The Morgan fingerprint density at radius 3 is 2.50 bits per heavy atom. The Hall–Kier alpha value is -2.92. The van der Waals surface area contributed by atoms with Gasteiger partial charge in [-0.05, 0) is 51.1 Å². The van der Waals surface area contributed by atoms with Crippen molar-refractivity contribution in [2.45, 2.75) is 56.3 Å². The molecule has 3 heterocycles. The molecule has 1 unspecified atom stereocenters. The van der Waals surface area contributed by atoms with E-state index < -0.39 is 38.7 Å². The highest BCUT2D eigenvalue weighted by Crippen LogP contribution is 2.44. The number of nitrogens with zero attached hydrogens (tertiary/aromatic N) is 2. The maximum absolute atomic E-state index is 13.7. The number of benzene rings is 1. The number of alkyl halides is 3. The Labute approximate surface area is 211 Å². The molecule has 1 aliphatic rings. The van der Waals surface area contributed by atoms with Crippen LogP contribution in [0.25, 0.3) is 10.9 Å². The monoisotopic (exact) mass is 541 g/mol. The van der Waals surface area contributed by atoms with Crippen molar-refractivity contribution >= 4 is 44.0 Å². The zero-order valence-corrected chi connectivity index (χ0v) is 21.4. The van der Waals surface area contributed by atoms with Crippen molar-refractivity contribution in [3.8, 4) is 0 Å². The number of esters is 1. The second kappa shape index (κ2) is 8.58. The highest BCUT2D eigenvalue weighted by molar-refractivity contribution is 7.91. The molecule has 1 N–H and O–H groups in total. The van der Waals surface area contributed by atoms with Crippen molar-refractivity contribution in [3.05, 3.63) is 58.5 Å². The fraction of sp³-hybridized carbons (Fsp3) is 0.375. The van der Waals surface area contributed by atoms with Gasteiger partial charge in [0.2, 0.25) is 0 Å². The molecular formula is C24H23ClF3N3O4S. The molecule has 1 aliphatic heterocycles. The van der Waals surface area contributed by atoms with E-state index in [1.165, 1.54) is 19.1 Å². The number of ether oxygens (including phenoxy) is 1. The number of anilines is 1. The standard InChI is InChI=1S/C24H23ClF3N3O4S/c1-5-36(33,34)19-9-13-8-15(25)6-7-16(13)30-20(19)23(21(32)35-22(2,3)4)11-18-17(31-23)10-14(12-29-18)24(26,27)28/h6-10,12,31H,5,11H2,1-4H3. The van der Waals surface area contributed by atoms with Crippen LogP contribution in [-0.4, -0.2) is 35.7 Å².